The van der Waals surface area contributed by atoms with Crippen molar-refractivity contribution in [2.24, 2.45) is 22.2 Å². The Labute approximate surface area is 237 Å². The summed E-state index contributed by atoms with van der Waals surface area (Å²) in [6, 6.07) is 15.2. The molecule has 39 heavy (non-hydrogen) atoms. The molecule has 0 heterocycles. The monoisotopic (exact) mass is 514 g/mol. The molecule has 0 nitrogen and oxygen atoms in total. The number of fused-ring (bicyclic) bond motifs is 3. The molecule has 0 aliphatic heterocycles. The molecule has 0 unspecified atom stereocenters. The van der Waals surface area contributed by atoms with E-state index in [1.807, 2.05) is 0 Å². The molecule has 0 heteroatoms. The van der Waals surface area contributed by atoms with Gasteiger partial charge in [0.1, 0.15) is 0 Å². The fourth-order valence-electron chi connectivity index (χ4n) is 9.10. The minimum atomic E-state index is -0.159. The topological polar surface area (TPSA) is 0 Å². The number of rotatable bonds is 3. The Morgan fingerprint density at radius 2 is 1.56 bits per heavy atom. The molecule has 2 aromatic rings. The van der Waals surface area contributed by atoms with E-state index >= 15 is 0 Å². The Balaban J connectivity index is 1.74. The summed E-state index contributed by atoms with van der Waals surface area (Å²) in [5, 5.41) is 0. The molecule has 0 fully saturated rings. The maximum absolute atomic E-state index is 4.87. The molecule has 0 saturated carbocycles. The van der Waals surface area contributed by atoms with Gasteiger partial charge in [-0.2, -0.15) is 0 Å². The average Bonchev–Trinajstić information content (AvgIpc) is 2.88. The smallest absolute Gasteiger partial charge is 0.0196 e. The minimum absolute atomic E-state index is 0.0163. The Hall–Kier alpha value is -3.12. The van der Waals surface area contributed by atoms with Crippen LogP contribution in [0, 0.1) is 29.1 Å². The highest BCUT2D eigenvalue weighted by atomic mass is 14.7. The van der Waals surface area contributed by atoms with E-state index in [1.54, 1.807) is 0 Å². The highest BCUT2D eigenvalue weighted by Gasteiger charge is 2.64. The van der Waals surface area contributed by atoms with E-state index in [0.29, 0.717) is 11.8 Å². The van der Waals surface area contributed by atoms with Crippen LogP contribution in [-0.4, -0.2) is 0 Å². The largest absolute Gasteiger partial charge is 0.0955 e. The first kappa shape index (κ1) is 27.4. The van der Waals surface area contributed by atoms with Crippen LogP contribution in [0.4, 0.5) is 0 Å². The number of hydrogen-bond acceptors (Lipinski definition) is 0. The van der Waals surface area contributed by atoms with E-state index in [4.69, 9.17) is 13.2 Å². The van der Waals surface area contributed by atoms with Crippen LogP contribution in [0.25, 0.3) is 17.7 Å². The minimum Gasteiger partial charge on any atom is -0.0955 e. The SMILES string of the molecule is C=C(C)C1=C(C)C[C@@]2(C)[C@H](C)[C@]3(C)C(=C(C)[C@@]2(C)C1=C)C(=C)c1c(ccc(/C=C/c2ccccc2)c1C)[C@H]3C. The van der Waals surface area contributed by atoms with Gasteiger partial charge in [0.15, 0.2) is 0 Å². The first-order chi connectivity index (χ1) is 18.2. The van der Waals surface area contributed by atoms with Crippen molar-refractivity contribution in [3.63, 3.8) is 0 Å². The van der Waals surface area contributed by atoms with Crippen molar-refractivity contribution >= 4 is 17.7 Å². The predicted molar refractivity (Wildman–Crippen MR) is 171 cm³/mol. The quantitative estimate of drug-likeness (QED) is 0.357. The fourth-order valence-corrected chi connectivity index (χ4v) is 9.10. The third-order valence-electron chi connectivity index (χ3n) is 11.8. The highest BCUT2D eigenvalue weighted by molar-refractivity contribution is 5.89. The van der Waals surface area contributed by atoms with Crippen molar-refractivity contribution in [1.82, 2.24) is 0 Å². The molecular formula is C39H46. The zero-order chi connectivity index (χ0) is 28.7. The van der Waals surface area contributed by atoms with Crippen molar-refractivity contribution < 1.29 is 0 Å². The average molecular weight is 515 g/mol. The van der Waals surface area contributed by atoms with Gasteiger partial charge in [-0.25, -0.2) is 0 Å². The van der Waals surface area contributed by atoms with Crippen LogP contribution in [0.1, 0.15) is 95.5 Å². The molecule has 3 aliphatic carbocycles. The Kier molecular flexibility index (Phi) is 6.30. The second-order valence-electron chi connectivity index (χ2n) is 13.3. The molecule has 0 radical (unpaired) electrons. The molecule has 2 aromatic carbocycles. The van der Waals surface area contributed by atoms with E-state index in [1.165, 1.54) is 61.3 Å². The molecule has 0 amide bonds. The zero-order valence-electron chi connectivity index (χ0n) is 25.7. The summed E-state index contributed by atoms with van der Waals surface area (Å²) in [7, 11) is 0. The number of allylic oxidation sites excluding steroid dienone is 7. The van der Waals surface area contributed by atoms with Crippen LogP contribution in [0.5, 0.6) is 0 Å². The summed E-state index contributed by atoms with van der Waals surface area (Å²) in [4.78, 5) is 0. The molecule has 0 aromatic heterocycles. The number of benzene rings is 2. The van der Waals surface area contributed by atoms with Gasteiger partial charge in [0, 0.05) is 10.8 Å². The van der Waals surface area contributed by atoms with Crippen LogP contribution in [-0.2, 0) is 0 Å². The van der Waals surface area contributed by atoms with Gasteiger partial charge in [-0.15, -0.1) is 0 Å². The van der Waals surface area contributed by atoms with Gasteiger partial charge in [-0.1, -0.05) is 126 Å². The molecule has 3 aliphatic rings. The predicted octanol–water partition coefficient (Wildman–Crippen LogP) is 11.1. The van der Waals surface area contributed by atoms with E-state index < -0.39 is 0 Å². The van der Waals surface area contributed by atoms with Crippen molar-refractivity contribution in [2.75, 3.05) is 0 Å². The van der Waals surface area contributed by atoms with Gasteiger partial charge in [0.2, 0.25) is 0 Å². The Bertz CT molecular complexity index is 1520. The lowest BCUT2D eigenvalue weighted by Crippen LogP contribution is -2.58. The molecule has 0 bridgehead atoms. The van der Waals surface area contributed by atoms with Crippen LogP contribution in [0.2, 0.25) is 0 Å². The first-order valence-electron chi connectivity index (χ1n) is 14.6. The third-order valence-corrected chi connectivity index (χ3v) is 11.8. The molecule has 0 spiro atoms. The van der Waals surface area contributed by atoms with Gasteiger partial charge in [0.05, 0.1) is 0 Å². The van der Waals surface area contributed by atoms with E-state index in [9.17, 15) is 0 Å². The summed E-state index contributed by atoms with van der Waals surface area (Å²) >= 11 is 0. The standard InChI is InChI=1S/C39H46/c1-23(2)34-24(3)22-37(10)30(9)38(11)27(6)33-21-20-32(19-18-31-16-14-13-15-17-31)25(4)35(33)26(5)36(38)29(8)39(37,12)28(34)7/h13-21,27,30H,1,5,7,22H2,2-4,6,8-12H3/b19-18+/t27-,30+,37+,38-,39-/m1/s1. The number of hydrogen-bond donors (Lipinski definition) is 0. The van der Waals surface area contributed by atoms with Gasteiger partial charge >= 0.3 is 0 Å². The van der Waals surface area contributed by atoms with Crippen molar-refractivity contribution in [3.8, 4) is 0 Å². The van der Waals surface area contributed by atoms with Gasteiger partial charge < -0.3 is 0 Å². The van der Waals surface area contributed by atoms with Gasteiger partial charge in [0.25, 0.3) is 0 Å². The lowest BCUT2D eigenvalue weighted by Gasteiger charge is -2.67. The van der Waals surface area contributed by atoms with Crippen molar-refractivity contribution in [3.05, 3.63) is 123 Å². The van der Waals surface area contributed by atoms with E-state index in [-0.39, 0.29) is 16.2 Å². The fraction of sp³-hybridized carbons (Fsp3) is 0.385. The van der Waals surface area contributed by atoms with Crippen molar-refractivity contribution in [2.45, 2.75) is 74.7 Å². The zero-order valence-corrected chi connectivity index (χ0v) is 25.7. The van der Waals surface area contributed by atoms with Crippen LogP contribution >= 0.6 is 0 Å². The molecular weight excluding hydrogens is 468 g/mol. The van der Waals surface area contributed by atoms with Crippen LogP contribution in [0.3, 0.4) is 0 Å². The first-order valence-corrected chi connectivity index (χ1v) is 14.6. The second kappa shape index (κ2) is 8.95. The lowest BCUT2D eigenvalue weighted by atomic mass is 9.37. The van der Waals surface area contributed by atoms with Gasteiger partial charge in [-0.05, 0) is 101 Å². The van der Waals surface area contributed by atoms with Crippen molar-refractivity contribution in [1.29, 1.82) is 0 Å². The van der Waals surface area contributed by atoms with Gasteiger partial charge in [-0.3, -0.25) is 0 Å². The second-order valence-corrected chi connectivity index (χ2v) is 13.3. The summed E-state index contributed by atoms with van der Waals surface area (Å²) in [6.45, 7) is 35.6. The molecule has 5 rings (SSSR count). The summed E-state index contributed by atoms with van der Waals surface area (Å²) < 4.78 is 0. The normalized spacial score (nSPS) is 32.3. The summed E-state index contributed by atoms with van der Waals surface area (Å²) in [6.07, 6.45) is 5.54. The molecule has 202 valence electrons. The van der Waals surface area contributed by atoms with E-state index in [2.05, 4.69) is 124 Å². The highest BCUT2D eigenvalue weighted by Crippen LogP contribution is 2.74. The third kappa shape index (κ3) is 3.43. The summed E-state index contributed by atoms with van der Waals surface area (Å²) in [5.41, 5.74) is 15.7. The summed E-state index contributed by atoms with van der Waals surface area (Å²) in [5.74, 6) is 0.815. The maximum Gasteiger partial charge on any atom is 0.0196 e. The Morgan fingerprint density at radius 3 is 2.18 bits per heavy atom. The molecule has 5 atom stereocenters. The lowest BCUT2D eigenvalue weighted by molar-refractivity contribution is -0.0260. The van der Waals surface area contributed by atoms with E-state index in [0.717, 1.165) is 12.0 Å². The maximum atomic E-state index is 4.87. The molecule has 0 N–H and O–H groups in total. The molecule has 0 saturated heterocycles. The van der Waals surface area contributed by atoms with Crippen LogP contribution in [0.15, 0.2) is 95.6 Å². The Morgan fingerprint density at radius 1 is 0.923 bits per heavy atom. The van der Waals surface area contributed by atoms with Crippen LogP contribution < -0.4 is 0 Å².